The van der Waals surface area contributed by atoms with Gasteiger partial charge >= 0.3 is 5.97 Å². The third-order valence-electron chi connectivity index (χ3n) is 4.53. The highest BCUT2D eigenvalue weighted by molar-refractivity contribution is 5.94. The molecule has 98 valence electrons. The van der Waals surface area contributed by atoms with Gasteiger partial charge in [-0.05, 0) is 19.8 Å². The number of rotatable bonds is 2. The van der Waals surface area contributed by atoms with E-state index < -0.39 is 5.54 Å². The first-order valence-electron chi connectivity index (χ1n) is 6.51. The zero-order chi connectivity index (χ0) is 13.0. The number of ether oxygens (including phenoxy) is 1. The zero-order valence-corrected chi connectivity index (χ0v) is 10.5. The topological polar surface area (TPSA) is 63.7 Å². The first-order valence-corrected chi connectivity index (χ1v) is 6.51. The molecule has 5 heteroatoms. The first-order chi connectivity index (χ1) is 8.51. The number of hydrogen-bond donors (Lipinski definition) is 0. The molecule has 1 unspecified atom stereocenters. The highest BCUT2D eigenvalue weighted by Gasteiger charge is 2.65. The van der Waals surface area contributed by atoms with Gasteiger partial charge < -0.3 is 9.64 Å². The Morgan fingerprint density at radius 1 is 1.39 bits per heavy atom. The molecule has 1 amide bonds. The average Bonchev–Trinajstić information content (AvgIpc) is 2.76. The molecule has 3 rings (SSSR count). The van der Waals surface area contributed by atoms with E-state index in [0.717, 1.165) is 0 Å². The summed E-state index contributed by atoms with van der Waals surface area (Å²) in [4.78, 5) is 37.0. The molecule has 2 aliphatic heterocycles. The van der Waals surface area contributed by atoms with Crippen LogP contribution in [0, 0.1) is 5.41 Å². The van der Waals surface area contributed by atoms with Gasteiger partial charge in [-0.2, -0.15) is 0 Å². The third kappa shape index (κ3) is 1.36. The molecule has 3 aliphatic rings. The monoisotopic (exact) mass is 251 g/mol. The molecule has 3 fully saturated rings. The van der Waals surface area contributed by atoms with E-state index in [4.69, 9.17) is 4.74 Å². The van der Waals surface area contributed by atoms with Gasteiger partial charge in [0.1, 0.15) is 11.3 Å². The van der Waals surface area contributed by atoms with Crippen LogP contribution in [0.4, 0.5) is 0 Å². The summed E-state index contributed by atoms with van der Waals surface area (Å²) in [7, 11) is 0. The van der Waals surface area contributed by atoms with Gasteiger partial charge in [0.25, 0.3) is 0 Å². The Kier molecular flexibility index (Phi) is 2.31. The van der Waals surface area contributed by atoms with Crippen molar-refractivity contribution in [1.82, 2.24) is 4.90 Å². The SMILES string of the molecule is CCOC(=O)C12CCC(=O)N1CC1(CC(=O)C1)C2. The van der Waals surface area contributed by atoms with Gasteiger partial charge in [0.15, 0.2) is 0 Å². The quantitative estimate of drug-likeness (QED) is 0.676. The Balaban J connectivity index is 1.89. The lowest BCUT2D eigenvalue weighted by molar-refractivity contribution is -0.157. The van der Waals surface area contributed by atoms with Crippen molar-refractivity contribution in [2.24, 2.45) is 5.41 Å². The average molecular weight is 251 g/mol. The minimum absolute atomic E-state index is 0.0271. The van der Waals surface area contributed by atoms with E-state index in [0.29, 0.717) is 45.3 Å². The summed E-state index contributed by atoms with van der Waals surface area (Å²) < 4.78 is 5.15. The van der Waals surface area contributed by atoms with Gasteiger partial charge in [0.05, 0.1) is 6.61 Å². The van der Waals surface area contributed by atoms with Crippen molar-refractivity contribution in [2.45, 2.75) is 44.6 Å². The number of amides is 1. The van der Waals surface area contributed by atoms with E-state index in [1.807, 2.05) is 0 Å². The minimum atomic E-state index is -0.770. The van der Waals surface area contributed by atoms with Crippen LogP contribution in [-0.2, 0) is 19.1 Å². The second kappa shape index (κ2) is 3.56. The fourth-order valence-corrected chi connectivity index (χ4v) is 3.83. The van der Waals surface area contributed by atoms with Gasteiger partial charge in [-0.15, -0.1) is 0 Å². The molecule has 0 aromatic rings. The predicted molar refractivity (Wildman–Crippen MR) is 61.6 cm³/mol. The Bertz CT molecular complexity index is 436. The molecule has 1 atom stereocenters. The largest absolute Gasteiger partial charge is 0.464 e. The van der Waals surface area contributed by atoms with Gasteiger partial charge in [-0.25, -0.2) is 4.79 Å². The number of hydrogen-bond acceptors (Lipinski definition) is 4. The van der Waals surface area contributed by atoms with Crippen LogP contribution in [0.3, 0.4) is 0 Å². The zero-order valence-electron chi connectivity index (χ0n) is 10.5. The van der Waals surface area contributed by atoms with Gasteiger partial charge in [0.2, 0.25) is 5.91 Å². The molecule has 0 radical (unpaired) electrons. The van der Waals surface area contributed by atoms with Crippen molar-refractivity contribution in [1.29, 1.82) is 0 Å². The molecule has 0 aromatic heterocycles. The van der Waals surface area contributed by atoms with Gasteiger partial charge in [-0.3, -0.25) is 9.59 Å². The second-order valence-corrected chi connectivity index (χ2v) is 5.80. The number of nitrogens with zero attached hydrogens (tertiary/aromatic N) is 1. The normalized spacial score (nSPS) is 32.6. The van der Waals surface area contributed by atoms with E-state index in [-0.39, 0.29) is 23.1 Å². The van der Waals surface area contributed by atoms with Crippen LogP contribution >= 0.6 is 0 Å². The molecule has 0 N–H and O–H groups in total. The van der Waals surface area contributed by atoms with Crippen LogP contribution in [0.1, 0.15) is 39.0 Å². The molecule has 18 heavy (non-hydrogen) atoms. The molecule has 0 aromatic carbocycles. The smallest absolute Gasteiger partial charge is 0.332 e. The van der Waals surface area contributed by atoms with E-state index in [9.17, 15) is 14.4 Å². The molecule has 5 nitrogen and oxygen atoms in total. The molecule has 2 heterocycles. The highest BCUT2D eigenvalue weighted by atomic mass is 16.5. The van der Waals surface area contributed by atoms with Crippen molar-refractivity contribution in [3.63, 3.8) is 0 Å². The summed E-state index contributed by atoms with van der Waals surface area (Å²) in [6, 6.07) is 0. The maximum atomic E-state index is 12.2. The Morgan fingerprint density at radius 2 is 2.11 bits per heavy atom. The fraction of sp³-hybridized carbons (Fsp3) is 0.769. The molecule has 1 aliphatic carbocycles. The van der Waals surface area contributed by atoms with Crippen LogP contribution in [0.5, 0.6) is 0 Å². The van der Waals surface area contributed by atoms with Crippen molar-refractivity contribution in [3.05, 3.63) is 0 Å². The number of ketones is 1. The summed E-state index contributed by atoms with van der Waals surface area (Å²) in [5.41, 5.74) is -0.909. The Morgan fingerprint density at radius 3 is 2.72 bits per heavy atom. The number of esters is 1. The van der Waals surface area contributed by atoms with Crippen molar-refractivity contribution in [2.75, 3.05) is 13.2 Å². The Hall–Kier alpha value is -1.39. The minimum Gasteiger partial charge on any atom is -0.464 e. The number of Topliss-reactive ketones (excluding diaryl/α,β-unsaturated/α-hetero) is 1. The molecule has 1 saturated carbocycles. The molecule has 0 bridgehead atoms. The number of fused-ring (bicyclic) bond motifs is 1. The molecule has 2 saturated heterocycles. The lowest BCUT2D eigenvalue weighted by Gasteiger charge is -2.36. The van der Waals surface area contributed by atoms with Gasteiger partial charge in [-0.1, -0.05) is 0 Å². The summed E-state index contributed by atoms with van der Waals surface area (Å²) >= 11 is 0. The second-order valence-electron chi connectivity index (χ2n) is 5.80. The van der Waals surface area contributed by atoms with E-state index >= 15 is 0 Å². The highest BCUT2D eigenvalue weighted by Crippen LogP contribution is 2.56. The first kappa shape index (κ1) is 11.7. The van der Waals surface area contributed by atoms with Crippen molar-refractivity contribution < 1.29 is 19.1 Å². The van der Waals surface area contributed by atoms with Crippen LogP contribution in [0.15, 0.2) is 0 Å². The fourth-order valence-electron chi connectivity index (χ4n) is 3.83. The van der Waals surface area contributed by atoms with Crippen molar-refractivity contribution in [3.8, 4) is 0 Å². The Labute approximate surface area is 105 Å². The van der Waals surface area contributed by atoms with Crippen LogP contribution in [-0.4, -0.2) is 41.3 Å². The lowest BCUT2D eigenvalue weighted by atomic mass is 9.64. The van der Waals surface area contributed by atoms with Crippen LogP contribution in [0.25, 0.3) is 0 Å². The number of carbonyl (C=O) groups is 3. The molecular formula is C13H17NO4. The van der Waals surface area contributed by atoms with Crippen LogP contribution in [0.2, 0.25) is 0 Å². The lowest BCUT2D eigenvalue weighted by Crippen LogP contribution is -2.48. The number of carbonyl (C=O) groups excluding carboxylic acids is 3. The van der Waals surface area contributed by atoms with E-state index in [1.54, 1.807) is 11.8 Å². The van der Waals surface area contributed by atoms with E-state index in [2.05, 4.69) is 0 Å². The summed E-state index contributed by atoms with van der Waals surface area (Å²) in [6.45, 7) is 2.65. The maximum Gasteiger partial charge on any atom is 0.332 e. The summed E-state index contributed by atoms with van der Waals surface area (Å²) in [6.07, 6.45) is 2.59. The maximum absolute atomic E-state index is 12.2. The van der Waals surface area contributed by atoms with Crippen molar-refractivity contribution >= 4 is 17.7 Å². The molecule has 1 spiro atoms. The summed E-state index contributed by atoms with van der Waals surface area (Å²) in [5.74, 6) is -0.0195. The van der Waals surface area contributed by atoms with Gasteiger partial charge in [0, 0.05) is 31.2 Å². The molecular weight excluding hydrogens is 234 g/mol. The third-order valence-corrected chi connectivity index (χ3v) is 4.53. The van der Waals surface area contributed by atoms with Crippen LogP contribution < -0.4 is 0 Å². The standard InChI is InChI=1S/C13H17NO4/c1-2-18-11(17)13-4-3-10(16)14(13)8-12(7-13)5-9(15)6-12/h2-8H2,1H3. The summed E-state index contributed by atoms with van der Waals surface area (Å²) in [5, 5.41) is 0. The van der Waals surface area contributed by atoms with E-state index in [1.165, 1.54) is 0 Å². The predicted octanol–water partition coefficient (Wildman–Crippen LogP) is 0.664.